The SMILES string of the molecule is COc1ccc(OC)c(C(=O)COC(=O)CSc2nnc(N)s2)c1. The molecule has 0 saturated heterocycles. The van der Waals surface area contributed by atoms with Gasteiger partial charge < -0.3 is 19.9 Å². The van der Waals surface area contributed by atoms with Gasteiger partial charge in [-0.3, -0.25) is 9.59 Å². The van der Waals surface area contributed by atoms with Crippen LogP contribution in [0.1, 0.15) is 10.4 Å². The number of methoxy groups -OCH3 is 2. The second-order valence-corrected chi connectivity index (χ2v) is 6.58. The number of benzene rings is 1. The lowest BCUT2D eigenvalue weighted by Crippen LogP contribution is -2.16. The molecule has 2 aromatic rings. The topological polar surface area (TPSA) is 114 Å². The van der Waals surface area contributed by atoms with Crippen molar-refractivity contribution in [3.05, 3.63) is 23.8 Å². The molecule has 8 nitrogen and oxygen atoms in total. The molecule has 0 saturated carbocycles. The quantitative estimate of drug-likeness (QED) is 0.421. The first-order valence-electron chi connectivity index (χ1n) is 6.66. The minimum absolute atomic E-state index is 0.0111. The lowest BCUT2D eigenvalue weighted by molar-refractivity contribution is -0.139. The minimum Gasteiger partial charge on any atom is -0.497 e. The third-order valence-electron chi connectivity index (χ3n) is 2.81. The van der Waals surface area contributed by atoms with Crippen molar-refractivity contribution in [2.45, 2.75) is 4.34 Å². The Morgan fingerprint density at radius 3 is 2.67 bits per heavy atom. The molecular weight excluding hydrogens is 354 g/mol. The van der Waals surface area contributed by atoms with Crippen LogP contribution in [0.3, 0.4) is 0 Å². The fraction of sp³-hybridized carbons (Fsp3) is 0.286. The van der Waals surface area contributed by atoms with Crippen molar-refractivity contribution < 1.29 is 23.8 Å². The molecule has 0 aliphatic heterocycles. The maximum Gasteiger partial charge on any atom is 0.316 e. The third-order valence-corrected chi connectivity index (χ3v) is 4.67. The first-order valence-corrected chi connectivity index (χ1v) is 8.46. The van der Waals surface area contributed by atoms with Crippen molar-refractivity contribution in [1.82, 2.24) is 10.2 Å². The number of nitrogens with zero attached hydrogens (tertiary/aromatic N) is 2. The molecule has 0 spiro atoms. The van der Waals surface area contributed by atoms with Gasteiger partial charge in [-0.05, 0) is 18.2 Å². The zero-order chi connectivity index (χ0) is 17.5. The van der Waals surface area contributed by atoms with Gasteiger partial charge in [0.15, 0.2) is 10.9 Å². The van der Waals surface area contributed by atoms with Gasteiger partial charge in [-0.1, -0.05) is 23.1 Å². The van der Waals surface area contributed by atoms with Gasteiger partial charge in [0.1, 0.15) is 11.5 Å². The molecular formula is C14H15N3O5S2. The van der Waals surface area contributed by atoms with Crippen LogP contribution in [0.2, 0.25) is 0 Å². The van der Waals surface area contributed by atoms with Crippen molar-refractivity contribution >= 4 is 40.0 Å². The smallest absolute Gasteiger partial charge is 0.316 e. The van der Waals surface area contributed by atoms with Crippen molar-refractivity contribution in [2.24, 2.45) is 0 Å². The summed E-state index contributed by atoms with van der Waals surface area (Å²) in [5, 5.41) is 7.74. The molecule has 2 rings (SSSR count). The third kappa shape index (κ3) is 4.83. The van der Waals surface area contributed by atoms with Crippen LogP contribution in [0.4, 0.5) is 5.13 Å². The van der Waals surface area contributed by atoms with Crippen LogP contribution in [0, 0.1) is 0 Å². The Morgan fingerprint density at radius 2 is 2.04 bits per heavy atom. The second-order valence-electron chi connectivity index (χ2n) is 4.34. The second kappa shape index (κ2) is 8.50. The molecule has 0 unspecified atom stereocenters. The number of anilines is 1. The normalized spacial score (nSPS) is 10.2. The molecule has 1 heterocycles. The highest BCUT2D eigenvalue weighted by Crippen LogP contribution is 2.25. The lowest BCUT2D eigenvalue weighted by Gasteiger charge is -2.10. The predicted octanol–water partition coefficient (Wildman–Crippen LogP) is 1.66. The van der Waals surface area contributed by atoms with Gasteiger partial charge >= 0.3 is 5.97 Å². The maximum absolute atomic E-state index is 12.2. The Balaban J connectivity index is 1.89. The van der Waals surface area contributed by atoms with Gasteiger partial charge in [-0.25, -0.2) is 0 Å². The molecule has 0 aliphatic rings. The number of aromatic nitrogens is 2. The summed E-state index contributed by atoms with van der Waals surface area (Å²) in [5.41, 5.74) is 5.73. The number of rotatable bonds is 8. The van der Waals surface area contributed by atoms with Crippen LogP contribution >= 0.6 is 23.1 Å². The van der Waals surface area contributed by atoms with Crippen LogP contribution in [-0.2, 0) is 9.53 Å². The molecule has 0 radical (unpaired) electrons. The Kier molecular flexibility index (Phi) is 6.38. The number of hydrogen-bond acceptors (Lipinski definition) is 10. The van der Waals surface area contributed by atoms with Crippen LogP contribution in [0.25, 0.3) is 0 Å². The highest BCUT2D eigenvalue weighted by Gasteiger charge is 2.16. The molecule has 0 bridgehead atoms. The van der Waals surface area contributed by atoms with Gasteiger partial charge in [0, 0.05) is 0 Å². The van der Waals surface area contributed by atoms with Crippen LogP contribution < -0.4 is 15.2 Å². The number of esters is 1. The summed E-state index contributed by atoms with van der Waals surface area (Å²) in [6, 6.07) is 4.82. The molecule has 0 amide bonds. The Morgan fingerprint density at radius 1 is 1.25 bits per heavy atom. The first-order chi connectivity index (χ1) is 11.5. The molecule has 0 atom stereocenters. The van der Waals surface area contributed by atoms with Crippen molar-refractivity contribution in [3.63, 3.8) is 0 Å². The van der Waals surface area contributed by atoms with E-state index in [9.17, 15) is 9.59 Å². The fourth-order valence-corrected chi connectivity index (χ4v) is 3.13. The van der Waals surface area contributed by atoms with Crippen molar-refractivity contribution in [3.8, 4) is 11.5 Å². The summed E-state index contributed by atoms with van der Waals surface area (Å²) in [5.74, 6) is -0.0179. The van der Waals surface area contributed by atoms with Crippen molar-refractivity contribution in [2.75, 3.05) is 32.3 Å². The molecule has 2 N–H and O–H groups in total. The van der Waals surface area contributed by atoms with Crippen LogP contribution in [-0.4, -0.2) is 48.5 Å². The number of ether oxygens (including phenoxy) is 3. The highest BCUT2D eigenvalue weighted by atomic mass is 32.2. The van der Waals surface area contributed by atoms with E-state index in [1.54, 1.807) is 12.1 Å². The number of hydrogen-bond donors (Lipinski definition) is 1. The van der Waals surface area contributed by atoms with E-state index in [-0.39, 0.29) is 23.7 Å². The average molecular weight is 369 g/mol. The average Bonchev–Trinajstić information content (AvgIpc) is 3.02. The summed E-state index contributed by atoms with van der Waals surface area (Å²) in [7, 11) is 2.95. The zero-order valence-corrected chi connectivity index (χ0v) is 14.6. The van der Waals surface area contributed by atoms with E-state index in [1.165, 1.54) is 31.6 Å². The van der Waals surface area contributed by atoms with Gasteiger partial charge in [0.25, 0.3) is 0 Å². The van der Waals surface area contributed by atoms with E-state index in [1.807, 2.05) is 0 Å². The number of ketones is 1. The molecule has 0 fully saturated rings. The molecule has 128 valence electrons. The van der Waals surface area contributed by atoms with Crippen LogP contribution in [0.15, 0.2) is 22.5 Å². The highest BCUT2D eigenvalue weighted by molar-refractivity contribution is 8.01. The summed E-state index contributed by atoms with van der Waals surface area (Å²) >= 11 is 2.32. The van der Waals surface area contributed by atoms with Crippen LogP contribution in [0.5, 0.6) is 11.5 Å². The van der Waals surface area contributed by atoms with Gasteiger partial charge in [0.05, 0.1) is 25.5 Å². The molecule has 1 aromatic heterocycles. The Labute approximate surface area is 146 Å². The maximum atomic E-state index is 12.2. The van der Waals surface area contributed by atoms with Gasteiger partial charge in [0.2, 0.25) is 10.9 Å². The Hall–Kier alpha value is -2.33. The number of carbonyl (C=O) groups excluding carboxylic acids is 2. The largest absolute Gasteiger partial charge is 0.497 e. The first kappa shape index (κ1) is 18.0. The lowest BCUT2D eigenvalue weighted by atomic mass is 10.1. The molecule has 10 heteroatoms. The number of carbonyl (C=O) groups is 2. The van der Waals surface area contributed by atoms with Gasteiger partial charge in [-0.15, -0.1) is 10.2 Å². The van der Waals surface area contributed by atoms with E-state index in [0.717, 1.165) is 11.8 Å². The van der Waals surface area contributed by atoms with E-state index < -0.39 is 5.97 Å². The number of nitrogen functional groups attached to an aromatic ring is 1. The fourth-order valence-electron chi connectivity index (χ4n) is 1.70. The summed E-state index contributed by atoms with van der Waals surface area (Å²) in [6.07, 6.45) is 0. The standard InChI is InChI=1S/C14H15N3O5S2/c1-20-8-3-4-11(21-2)9(5-8)10(18)6-22-12(19)7-23-14-17-16-13(15)24-14/h3-5H,6-7H2,1-2H3,(H2,15,16). The number of thioether (sulfide) groups is 1. The summed E-state index contributed by atoms with van der Waals surface area (Å²) in [4.78, 5) is 23.9. The van der Waals surface area contributed by atoms with E-state index in [0.29, 0.717) is 21.0 Å². The molecule has 0 aliphatic carbocycles. The summed E-state index contributed by atoms with van der Waals surface area (Å²) < 4.78 is 15.8. The van der Waals surface area contributed by atoms with Gasteiger partial charge in [-0.2, -0.15) is 0 Å². The van der Waals surface area contributed by atoms with E-state index in [4.69, 9.17) is 19.9 Å². The predicted molar refractivity (Wildman–Crippen MR) is 89.9 cm³/mol. The minimum atomic E-state index is -0.538. The number of Topliss-reactive ketones (excluding diaryl/α,β-unsaturated/α-hetero) is 1. The van der Waals surface area contributed by atoms with E-state index in [2.05, 4.69) is 10.2 Å². The molecule has 1 aromatic carbocycles. The monoisotopic (exact) mass is 369 g/mol. The Bertz CT molecular complexity index is 735. The van der Waals surface area contributed by atoms with Crippen molar-refractivity contribution in [1.29, 1.82) is 0 Å². The summed E-state index contributed by atoms with van der Waals surface area (Å²) in [6.45, 7) is -0.388. The zero-order valence-electron chi connectivity index (χ0n) is 13.0. The molecule has 24 heavy (non-hydrogen) atoms. The number of nitrogens with two attached hydrogens (primary N) is 1. The van der Waals surface area contributed by atoms with E-state index >= 15 is 0 Å².